The van der Waals surface area contributed by atoms with Crippen molar-refractivity contribution in [2.24, 2.45) is 0 Å². The molecule has 150 valence electrons. The second-order valence-corrected chi connectivity index (χ2v) is 6.49. The monoisotopic (exact) mass is 401 g/mol. The van der Waals surface area contributed by atoms with Gasteiger partial charge in [-0.05, 0) is 55.5 Å². The SMILES string of the molecule is CCOc1ccc(NC(=O)c2c(O)c3cccnc3n(-c3ccccc3)c2=O)cc1. The standard InChI is InChI=1S/C23H19N3O4/c1-2-30-17-12-10-15(11-13-17)25-22(28)19-20(27)18-9-6-14-24-21(18)26(23(19)29)16-7-4-3-5-8-16/h3-14,27H,2H2,1H3,(H,25,28). The van der Waals surface area contributed by atoms with Gasteiger partial charge in [-0.2, -0.15) is 0 Å². The van der Waals surface area contributed by atoms with Crippen LogP contribution in [0.1, 0.15) is 17.3 Å². The Kier molecular flexibility index (Phi) is 5.17. The molecule has 1 amide bonds. The van der Waals surface area contributed by atoms with Crippen molar-refractivity contribution in [3.63, 3.8) is 0 Å². The summed E-state index contributed by atoms with van der Waals surface area (Å²) in [6.45, 7) is 2.41. The Morgan fingerprint density at radius 3 is 2.50 bits per heavy atom. The van der Waals surface area contributed by atoms with Crippen LogP contribution in [0.15, 0.2) is 77.7 Å². The molecule has 0 radical (unpaired) electrons. The fraction of sp³-hybridized carbons (Fsp3) is 0.0870. The number of carbonyl (C=O) groups is 1. The minimum atomic E-state index is -0.711. The molecule has 0 fully saturated rings. The zero-order chi connectivity index (χ0) is 21.1. The minimum Gasteiger partial charge on any atom is -0.506 e. The van der Waals surface area contributed by atoms with Gasteiger partial charge in [0, 0.05) is 11.9 Å². The fourth-order valence-corrected chi connectivity index (χ4v) is 3.22. The molecular weight excluding hydrogens is 382 g/mol. The quantitative estimate of drug-likeness (QED) is 0.531. The van der Waals surface area contributed by atoms with E-state index in [1.807, 2.05) is 13.0 Å². The van der Waals surface area contributed by atoms with Crippen molar-refractivity contribution in [1.29, 1.82) is 0 Å². The lowest BCUT2D eigenvalue weighted by Crippen LogP contribution is -2.29. The molecule has 2 aromatic carbocycles. The summed E-state index contributed by atoms with van der Waals surface area (Å²) in [5, 5.41) is 13.7. The average molecular weight is 401 g/mol. The number of nitrogens with one attached hydrogen (secondary N) is 1. The van der Waals surface area contributed by atoms with Crippen LogP contribution in [0.3, 0.4) is 0 Å². The van der Waals surface area contributed by atoms with Crippen LogP contribution in [-0.4, -0.2) is 27.2 Å². The van der Waals surface area contributed by atoms with E-state index >= 15 is 0 Å². The van der Waals surface area contributed by atoms with Gasteiger partial charge in [0.25, 0.3) is 11.5 Å². The molecule has 2 heterocycles. The van der Waals surface area contributed by atoms with Gasteiger partial charge >= 0.3 is 0 Å². The van der Waals surface area contributed by atoms with Crippen molar-refractivity contribution in [2.75, 3.05) is 11.9 Å². The highest BCUT2D eigenvalue weighted by Gasteiger charge is 2.23. The first-order valence-corrected chi connectivity index (χ1v) is 9.42. The summed E-state index contributed by atoms with van der Waals surface area (Å²) in [7, 11) is 0. The number of fused-ring (bicyclic) bond motifs is 1. The van der Waals surface area contributed by atoms with Gasteiger partial charge in [-0.3, -0.25) is 14.2 Å². The van der Waals surface area contributed by atoms with Gasteiger partial charge < -0.3 is 15.2 Å². The molecule has 0 spiro atoms. The molecule has 0 bridgehead atoms. The van der Waals surface area contributed by atoms with Crippen molar-refractivity contribution >= 4 is 22.6 Å². The first-order valence-electron chi connectivity index (χ1n) is 9.42. The van der Waals surface area contributed by atoms with Crippen LogP contribution in [0.25, 0.3) is 16.7 Å². The predicted octanol–water partition coefficient (Wildman–Crippen LogP) is 3.74. The summed E-state index contributed by atoms with van der Waals surface area (Å²) in [5.74, 6) is -0.447. The van der Waals surface area contributed by atoms with Crippen molar-refractivity contribution < 1.29 is 14.6 Å². The third-order valence-corrected chi connectivity index (χ3v) is 4.57. The molecule has 0 saturated heterocycles. The number of aromatic nitrogens is 2. The number of pyridine rings is 2. The summed E-state index contributed by atoms with van der Waals surface area (Å²) < 4.78 is 6.71. The van der Waals surface area contributed by atoms with Gasteiger partial charge in [0.15, 0.2) is 5.65 Å². The lowest BCUT2D eigenvalue weighted by atomic mass is 10.1. The fourth-order valence-electron chi connectivity index (χ4n) is 3.22. The van der Waals surface area contributed by atoms with E-state index in [0.717, 1.165) is 0 Å². The summed E-state index contributed by atoms with van der Waals surface area (Å²) >= 11 is 0. The first kappa shape index (κ1) is 19.2. The first-order chi connectivity index (χ1) is 14.6. The summed E-state index contributed by atoms with van der Waals surface area (Å²) in [6, 6.07) is 18.9. The highest BCUT2D eigenvalue weighted by atomic mass is 16.5. The second kappa shape index (κ2) is 8.08. The zero-order valence-corrected chi connectivity index (χ0v) is 16.2. The number of ether oxygens (including phenoxy) is 1. The summed E-state index contributed by atoms with van der Waals surface area (Å²) in [4.78, 5) is 30.5. The molecule has 0 unspecified atom stereocenters. The molecule has 4 rings (SSSR count). The van der Waals surface area contributed by atoms with E-state index in [4.69, 9.17) is 4.74 Å². The van der Waals surface area contributed by atoms with Crippen LogP contribution in [0.5, 0.6) is 11.5 Å². The Bertz CT molecular complexity index is 1270. The van der Waals surface area contributed by atoms with Gasteiger partial charge in [0.2, 0.25) is 0 Å². The average Bonchev–Trinajstić information content (AvgIpc) is 2.76. The van der Waals surface area contributed by atoms with Gasteiger partial charge in [-0.25, -0.2) is 4.98 Å². The van der Waals surface area contributed by atoms with E-state index in [0.29, 0.717) is 29.1 Å². The van der Waals surface area contributed by atoms with E-state index in [1.54, 1.807) is 60.7 Å². The highest BCUT2D eigenvalue weighted by Crippen LogP contribution is 2.27. The van der Waals surface area contributed by atoms with Gasteiger partial charge in [0.1, 0.15) is 17.1 Å². The van der Waals surface area contributed by atoms with E-state index in [1.165, 1.54) is 10.8 Å². The molecular formula is C23H19N3O4. The zero-order valence-electron chi connectivity index (χ0n) is 16.2. The second-order valence-electron chi connectivity index (χ2n) is 6.49. The molecule has 7 heteroatoms. The number of carbonyl (C=O) groups excluding carboxylic acids is 1. The van der Waals surface area contributed by atoms with Crippen LogP contribution < -0.4 is 15.6 Å². The van der Waals surface area contributed by atoms with Crippen LogP contribution in [0.4, 0.5) is 5.69 Å². The Morgan fingerprint density at radius 1 is 1.07 bits per heavy atom. The van der Waals surface area contributed by atoms with Gasteiger partial charge in [0.05, 0.1) is 17.7 Å². The number of benzene rings is 2. The Labute approximate surface area is 172 Å². The van der Waals surface area contributed by atoms with E-state index in [-0.39, 0.29) is 11.2 Å². The van der Waals surface area contributed by atoms with Gasteiger partial charge in [-0.1, -0.05) is 18.2 Å². The van der Waals surface area contributed by atoms with E-state index in [9.17, 15) is 14.7 Å². The molecule has 0 aliphatic carbocycles. The number of amides is 1. The van der Waals surface area contributed by atoms with E-state index in [2.05, 4.69) is 10.3 Å². The molecule has 0 aliphatic rings. The number of hydrogen-bond donors (Lipinski definition) is 2. The lowest BCUT2D eigenvalue weighted by Gasteiger charge is -2.14. The normalized spacial score (nSPS) is 10.7. The molecule has 2 aromatic heterocycles. The molecule has 30 heavy (non-hydrogen) atoms. The third kappa shape index (κ3) is 3.48. The van der Waals surface area contributed by atoms with Crippen molar-refractivity contribution in [3.05, 3.63) is 88.8 Å². The molecule has 0 atom stereocenters. The smallest absolute Gasteiger partial charge is 0.273 e. The Balaban J connectivity index is 1.82. The number of hydrogen-bond acceptors (Lipinski definition) is 5. The van der Waals surface area contributed by atoms with Gasteiger partial charge in [-0.15, -0.1) is 0 Å². The summed E-state index contributed by atoms with van der Waals surface area (Å²) in [6.07, 6.45) is 1.53. The minimum absolute atomic E-state index is 0.267. The Morgan fingerprint density at radius 2 is 1.80 bits per heavy atom. The largest absolute Gasteiger partial charge is 0.506 e. The van der Waals surface area contributed by atoms with Crippen LogP contribution in [0, 0.1) is 0 Å². The van der Waals surface area contributed by atoms with Crippen LogP contribution in [-0.2, 0) is 0 Å². The number of aromatic hydroxyl groups is 1. The number of anilines is 1. The number of para-hydroxylation sites is 1. The molecule has 0 saturated carbocycles. The van der Waals surface area contributed by atoms with E-state index < -0.39 is 17.2 Å². The maximum atomic E-state index is 13.3. The molecule has 2 N–H and O–H groups in total. The Hall–Kier alpha value is -4.13. The highest BCUT2D eigenvalue weighted by molar-refractivity contribution is 6.09. The number of nitrogens with zero attached hydrogens (tertiary/aromatic N) is 2. The summed E-state index contributed by atoms with van der Waals surface area (Å²) in [5.41, 5.74) is 0.270. The topological polar surface area (TPSA) is 93.4 Å². The predicted molar refractivity (Wildman–Crippen MR) is 115 cm³/mol. The lowest BCUT2D eigenvalue weighted by molar-refractivity contribution is 0.102. The molecule has 4 aromatic rings. The number of rotatable bonds is 5. The third-order valence-electron chi connectivity index (χ3n) is 4.57. The maximum absolute atomic E-state index is 13.3. The molecule has 7 nitrogen and oxygen atoms in total. The van der Waals surface area contributed by atoms with Crippen molar-refractivity contribution in [2.45, 2.75) is 6.92 Å². The molecule has 0 aliphatic heterocycles. The maximum Gasteiger partial charge on any atom is 0.273 e. The van der Waals surface area contributed by atoms with Crippen molar-refractivity contribution in [3.8, 4) is 17.2 Å². The van der Waals surface area contributed by atoms with Crippen LogP contribution >= 0.6 is 0 Å². The van der Waals surface area contributed by atoms with Crippen LogP contribution in [0.2, 0.25) is 0 Å². The van der Waals surface area contributed by atoms with Crippen molar-refractivity contribution in [1.82, 2.24) is 9.55 Å².